The van der Waals surface area contributed by atoms with Gasteiger partial charge in [-0.05, 0) is 12.1 Å². The highest BCUT2D eigenvalue weighted by atomic mass is 32.2. The molecule has 2 aromatic rings. The highest BCUT2D eigenvalue weighted by Gasteiger charge is 2.22. The number of hydrogen-bond acceptors (Lipinski definition) is 7. The molecule has 102 valence electrons. The third-order valence-corrected chi connectivity index (χ3v) is 4.91. The van der Waals surface area contributed by atoms with Gasteiger partial charge in [-0.25, -0.2) is 23.2 Å². The minimum Gasteiger partial charge on any atom is -0.476 e. The van der Waals surface area contributed by atoms with Crippen molar-refractivity contribution in [3.63, 3.8) is 0 Å². The van der Waals surface area contributed by atoms with Crippen molar-refractivity contribution in [2.24, 2.45) is 0 Å². The zero-order valence-electron chi connectivity index (χ0n) is 9.64. The number of nitrogens with one attached hydrogen (secondary N) is 1. The van der Waals surface area contributed by atoms with Gasteiger partial charge in [0.1, 0.15) is 15.2 Å². The van der Waals surface area contributed by atoms with Gasteiger partial charge in [-0.3, -0.25) is 4.72 Å². The van der Waals surface area contributed by atoms with E-state index in [1.54, 1.807) is 0 Å². The van der Waals surface area contributed by atoms with Crippen molar-refractivity contribution in [3.8, 4) is 6.07 Å². The van der Waals surface area contributed by atoms with Gasteiger partial charge in [0.2, 0.25) is 0 Å². The van der Waals surface area contributed by atoms with Gasteiger partial charge in [-0.2, -0.15) is 5.26 Å². The summed E-state index contributed by atoms with van der Waals surface area (Å²) >= 11 is 0.766. The first-order valence-electron chi connectivity index (χ1n) is 5.01. The van der Waals surface area contributed by atoms with Crippen LogP contribution < -0.4 is 4.72 Å². The van der Waals surface area contributed by atoms with E-state index in [0.717, 1.165) is 17.5 Å². The molecule has 0 unspecified atom stereocenters. The molecule has 0 aliphatic rings. The Kier molecular flexibility index (Phi) is 3.64. The fraction of sp³-hybridized carbons (Fsp3) is 0. The lowest BCUT2D eigenvalue weighted by atomic mass is 10.4. The lowest BCUT2D eigenvalue weighted by Gasteiger charge is -2.06. The van der Waals surface area contributed by atoms with Crippen molar-refractivity contribution in [1.82, 2.24) is 9.97 Å². The molecule has 20 heavy (non-hydrogen) atoms. The van der Waals surface area contributed by atoms with E-state index < -0.39 is 21.7 Å². The van der Waals surface area contributed by atoms with Crippen LogP contribution in [-0.2, 0) is 10.0 Å². The molecule has 2 heterocycles. The molecular weight excluding hydrogens is 304 g/mol. The van der Waals surface area contributed by atoms with Crippen molar-refractivity contribution >= 4 is 33.1 Å². The Labute approximate surface area is 117 Å². The molecule has 0 bridgehead atoms. The molecular formula is C10H6N4O4S2. The van der Waals surface area contributed by atoms with Gasteiger partial charge < -0.3 is 5.11 Å². The first-order chi connectivity index (χ1) is 9.44. The SMILES string of the molecule is N#Cc1ccc(S(=O)(=O)Nc2nccnc2C(=O)O)s1. The maximum absolute atomic E-state index is 12.0. The molecule has 0 saturated carbocycles. The second-order valence-corrected chi connectivity index (χ2v) is 6.39. The molecule has 0 aromatic carbocycles. The quantitative estimate of drug-likeness (QED) is 0.857. The van der Waals surface area contributed by atoms with Crippen LogP contribution >= 0.6 is 11.3 Å². The number of nitriles is 1. The zero-order valence-corrected chi connectivity index (χ0v) is 11.3. The van der Waals surface area contributed by atoms with E-state index in [4.69, 9.17) is 10.4 Å². The molecule has 0 saturated heterocycles. The van der Waals surface area contributed by atoms with Crippen molar-refractivity contribution in [1.29, 1.82) is 5.26 Å². The average Bonchev–Trinajstić information content (AvgIpc) is 2.88. The first-order valence-corrected chi connectivity index (χ1v) is 7.31. The molecule has 8 nitrogen and oxygen atoms in total. The number of nitrogens with zero attached hydrogens (tertiary/aromatic N) is 3. The largest absolute Gasteiger partial charge is 0.476 e. The Morgan fingerprint density at radius 1 is 1.35 bits per heavy atom. The van der Waals surface area contributed by atoms with Crippen LogP contribution in [0, 0.1) is 11.3 Å². The van der Waals surface area contributed by atoms with E-state index >= 15 is 0 Å². The topological polar surface area (TPSA) is 133 Å². The summed E-state index contributed by atoms with van der Waals surface area (Å²) in [6.07, 6.45) is 2.31. The molecule has 10 heteroatoms. The Balaban J connectivity index is 2.39. The number of rotatable bonds is 4. The van der Waals surface area contributed by atoms with Crippen LogP contribution in [0.2, 0.25) is 0 Å². The summed E-state index contributed by atoms with van der Waals surface area (Å²) in [5.41, 5.74) is -0.506. The highest BCUT2D eigenvalue weighted by molar-refractivity contribution is 7.94. The molecule has 0 amide bonds. The minimum absolute atomic E-state index is 0.115. The number of anilines is 1. The molecule has 0 aliphatic heterocycles. The van der Waals surface area contributed by atoms with Gasteiger partial charge in [-0.15, -0.1) is 11.3 Å². The zero-order chi connectivity index (χ0) is 14.8. The fourth-order valence-electron chi connectivity index (χ4n) is 1.27. The van der Waals surface area contributed by atoms with Crippen LogP contribution in [0.1, 0.15) is 15.4 Å². The van der Waals surface area contributed by atoms with Crippen LogP contribution in [-0.4, -0.2) is 29.5 Å². The van der Waals surface area contributed by atoms with Gasteiger partial charge >= 0.3 is 5.97 Å². The van der Waals surface area contributed by atoms with E-state index in [1.165, 1.54) is 18.3 Å². The highest BCUT2D eigenvalue weighted by Crippen LogP contribution is 2.23. The lowest BCUT2D eigenvalue weighted by molar-refractivity contribution is 0.0691. The molecule has 0 radical (unpaired) electrons. The standard InChI is InChI=1S/C10H6N4O4S2/c11-5-6-1-2-7(19-6)20(17,18)14-9-8(10(15)16)12-3-4-13-9/h1-4H,(H,13,14)(H,15,16). The number of aromatic carboxylic acids is 1. The van der Waals surface area contributed by atoms with Crippen molar-refractivity contribution in [2.45, 2.75) is 4.21 Å². The summed E-state index contributed by atoms with van der Waals surface area (Å²) in [6, 6.07) is 4.42. The summed E-state index contributed by atoms with van der Waals surface area (Å²) in [7, 11) is -4.01. The van der Waals surface area contributed by atoms with Gasteiger partial charge in [0.05, 0.1) is 0 Å². The number of hydrogen-bond donors (Lipinski definition) is 2. The Morgan fingerprint density at radius 2 is 2.05 bits per heavy atom. The number of sulfonamides is 1. The number of carbonyl (C=O) groups is 1. The predicted octanol–water partition coefficient (Wildman–Crippen LogP) is 0.909. The molecule has 0 fully saturated rings. The summed E-state index contributed by atoms with van der Waals surface area (Å²) in [5.74, 6) is -1.79. The average molecular weight is 310 g/mol. The van der Waals surface area contributed by atoms with Crippen LogP contribution in [0.15, 0.2) is 28.7 Å². The lowest BCUT2D eigenvalue weighted by Crippen LogP contribution is -2.16. The minimum atomic E-state index is -4.01. The predicted molar refractivity (Wildman–Crippen MR) is 68.8 cm³/mol. The smallest absolute Gasteiger partial charge is 0.358 e. The molecule has 2 aromatic heterocycles. The van der Waals surface area contributed by atoms with E-state index in [1.807, 2.05) is 10.8 Å². The van der Waals surface area contributed by atoms with Crippen LogP contribution in [0.3, 0.4) is 0 Å². The maximum Gasteiger partial charge on any atom is 0.358 e. The fourth-order valence-corrected chi connectivity index (χ4v) is 3.39. The molecule has 0 spiro atoms. The Hall–Kier alpha value is -2.51. The number of carboxylic acids is 1. The monoisotopic (exact) mass is 310 g/mol. The van der Waals surface area contributed by atoms with E-state index in [-0.39, 0.29) is 14.9 Å². The van der Waals surface area contributed by atoms with Gasteiger partial charge in [0, 0.05) is 12.4 Å². The van der Waals surface area contributed by atoms with Crippen molar-refractivity contribution in [2.75, 3.05) is 4.72 Å². The second kappa shape index (κ2) is 5.24. The molecule has 0 aliphatic carbocycles. The van der Waals surface area contributed by atoms with E-state index in [0.29, 0.717) is 0 Å². The third kappa shape index (κ3) is 2.73. The van der Waals surface area contributed by atoms with Gasteiger partial charge in [0.25, 0.3) is 10.0 Å². The molecule has 2 rings (SSSR count). The van der Waals surface area contributed by atoms with Crippen molar-refractivity contribution < 1.29 is 18.3 Å². The first kappa shape index (κ1) is 13.9. The third-order valence-electron chi connectivity index (χ3n) is 2.09. The van der Waals surface area contributed by atoms with Gasteiger partial charge in [-0.1, -0.05) is 0 Å². The number of carboxylic acid groups (broad SMARTS) is 1. The molecule has 0 atom stereocenters. The normalized spacial score (nSPS) is 10.8. The summed E-state index contributed by atoms with van der Waals surface area (Å²) in [4.78, 5) is 18.3. The second-order valence-electron chi connectivity index (χ2n) is 3.39. The maximum atomic E-state index is 12.0. The van der Waals surface area contributed by atoms with E-state index in [9.17, 15) is 13.2 Å². The van der Waals surface area contributed by atoms with Crippen LogP contribution in [0.25, 0.3) is 0 Å². The summed E-state index contributed by atoms with van der Waals surface area (Å²) < 4.78 is 26.0. The Bertz CT molecular complexity index is 807. The summed E-state index contributed by atoms with van der Waals surface area (Å²) in [6.45, 7) is 0. The van der Waals surface area contributed by atoms with Crippen LogP contribution in [0.5, 0.6) is 0 Å². The van der Waals surface area contributed by atoms with Gasteiger partial charge in [0.15, 0.2) is 11.5 Å². The van der Waals surface area contributed by atoms with Crippen LogP contribution in [0.4, 0.5) is 5.82 Å². The summed E-state index contributed by atoms with van der Waals surface area (Å²) in [5, 5.41) is 17.6. The number of aromatic nitrogens is 2. The Morgan fingerprint density at radius 3 is 2.65 bits per heavy atom. The number of thiophene rings is 1. The van der Waals surface area contributed by atoms with Crippen molar-refractivity contribution in [3.05, 3.63) is 35.1 Å². The molecule has 2 N–H and O–H groups in total. The van der Waals surface area contributed by atoms with E-state index in [2.05, 4.69) is 9.97 Å².